The van der Waals surface area contributed by atoms with E-state index in [4.69, 9.17) is 21.1 Å². The minimum absolute atomic E-state index is 0.0603. The molecule has 0 aromatic heterocycles. The highest BCUT2D eigenvalue weighted by molar-refractivity contribution is 6.32. The molecule has 0 bridgehead atoms. The van der Waals surface area contributed by atoms with Gasteiger partial charge in [-0.2, -0.15) is 5.26 Å². The van der Waals surface area contributed by atoms with Crippen LogP contribution in [-0.4, -0.2) is 30.1 Å². The van der Waals surface area contributed by atoms with Gasteiger partial charge in [-0.15, -0.1) is 0 Å². The second kappa shape index (κ2) is 9.50. The van der Waals surface area contributed by atoms with Crippen LogP contribution in [0.1, 0.15) is 62.0 Å². The Kier molecular flexibility index (Phi) is 7.14. The molecule has 0 aliphatic carbocycles. The van der Waals surface area contributed by atoms with E-state index in [1.807, 2.05) is 6.07 Å². The monoisotopic (exact) mass is 455 g/mol. The summed E-state index contributed by atoms with van der Waals surface area (Å²) in [5.41, 5.74) is 1.45. The summed E-state index contributed by atoms with van der Waals surface area (Å²) in [5, 5.41) is 16.6. The van der Waals surface area contributed by atoms with Crippen LogP contribution in [0.5, 0.6) is 11.5 Å². The first kappa shape index (κ1) is 24.1. The molecule has 1 saturated heterocycles. The van der Waals surface area contributed by atoms with Gasteiger partial charge in [-0.05, 0) is 70.4 Å². The van der Waals surface area contributed by atoms with Gasteiger partial charge in [-0.3, -0.25) is 4.79 Å². The van der Waals surface area contributed by atoms with Crippen molar-refractivity contribution < 1.29 is 14.3 Å². The summed E-state index contributed by atoms with van der Waals surface area (Å²) in [7, 11) is 1.57. The van der Waals surface area contributed by atoms with E-state index < -0.39 is 0 Å². The molecule has 32 heavy (non-hydrogen) atoms. The first-order valence-electron chi connectivity index (χ1n) is 10.6. The Morgan fingerprint density at radius 3 is 2.47 bits per heavy atom. The molecular weight excluding hydrogens is 426 g/mol. The van der Waals surface area contributed by atoms with Crippen molar-refractivity contribution in [2.45, 2.75) is 64.3 Å². The maximum absolute atomic E-state index is 12.9. The smallest absolute Gasteiger partial charge is 0.251 e. The predicted octanol–water partition coefficient (Wildman–Crippen LogP) is 5.19. The first-order chi connectivity index (χ1) is 15.0. The summed E-state index contributed by atoms with van der Waals surface area (Å²) in [5.74, 6) is 0.593. The van der Waals surface area contributed by atoms with Crippen molar-refractivity contribution in [3.05, 3.63) is 58.1 Å². The van der Waals surface area contributed by atoms with Gasteiger partial charge in [-0.25, -0.2) is 0 Å². The Morgan fingerprint density at radius 1 is 1.19 bits per heavy atom. The molecular formula is C25H30ClN3O3. The minimum Gasteiger partial charge on any atom is -0.454 e. The maximum atomic E-state index is 12.9. The van der Waals surface area contributed by atoms with Crippen LogP contribution >= 0.6 is 11.6 Å². The van der Waals surface area contributed by atoms with Gasteiger partial charge in [0.1, 0.15) is 23.1 Å². The quantitative estimate of drug-likeness (QED) is 0.626. The molecule has 1 amide bonds. The number of carbonyl (C=O) groups excluding carboxylic acids is 1. The molecule has 1 aliphatic heterocycles. The van der Waals surface area contributed by atoms with Crippen LogP contribution in [0.15, 0.2) is 36.4 Å². The Balaban J connectivity index is 1.75. The number of nitrogens with one attached hydrogen (secondary N) is 2. The van der Waals surface area contributed by atoms with Crippen LogP contribution in [0, 0.1) is 11.3 Å². The summed E-state index contributed by atoms with van der Waals surface area (Å²) in [6, 6.07) is 12.5. The Labute approximate surface area is 194 Å². The molecule has 1 aliphatic rings. The first-order valence-corrected chi connectivity index (χ1v) is 11.0. The lowest BCUT2D eigenvalue weighted by atomic mass is 9.79. The van der Waals surface area contributed by atoms with Crippen molar-refractivity contribution >= 4 is 17.5 Å². The van der Waals surface area contributed by atoms with E-state index >= 15 is 0 Å². The summed E-state index contributed by atoms with van der Waals surface area (Å²) in [6.45, 7) is 8.89. The predicted molar refractivity (Wildman–Crippen MR) is 125 cm³/mol. The van der Waals surface area contributed by atoms with Crippen molar-refractivity contribution in [3.8, 4) is 17.6 Å². The van der Waals surface area contributed by atoms with Crippen LogP contribution in [-0.2, 0) is 11.3 Å². The second-order valence-electron chi connectivity index (χ2n) is 9.55. The van der Waals surface area contributed by atoms with Crippen LogP contribution < -0.4 is 15.4 Å². The molecule has 170 valence electrons. The van der Waals surface area contributed by atoms with Crippen molar-refractivity contribution in [1.82, 2.24) is 10.6 Å². The molecule has 2 aromatic rings. The lowest BCUT2D eigenvalue weighted by Gasteiger charge is -2.46. The lowest BCUT2D eigenvalue weighted by molar-refractivity contribution is 0.0873. The van der Waals surface area contributed by atoms with Crippen molar-refractivity contribution in [2.24, 2.45) is 0 Å². The molecule has 1 heterocycles. The summed E-state index contributed by atoms with van der Waals surface area (Å²) < 4.78 is 11.1. The molecule has 1 fully saturated rings. The van der Waals surface area contributed by atoms with Crippen molar-refractivity contribution in [1.29, 1.82) is 5.26 Å². The zero-order valence-electron chi connectivity index (χ0n) is 19.2. The third-order valence-electron chi connectivity index (χ3n) is 5.46. The second-order valence-corrected chi connectivity index (χ2v) is 9.96. The minimum atomic E-state index is -0.170. The van der Waals surface area contributed by atoms with Gasteiger partial charge >= 0.3 is 0 Å². The molecule has 2 N–H and O–H groups in total. The number of hydrogen-bond acceptors (Lipinski definition) is 5. The molecule has 6 nitrogen and oxygen atoms in total. The summed E-state index contributed by atoms with van der Waals surface area (Å²) in [6.07, 6.45) is 1.68. The summed E-state index contributed by atoms with van der Waals surface area (Å²) >= 11 is 6.43. The van der Waals surface area contributed by atoms with Crippen molar-refractivity contribution in [3.63, 3.8) is 0 Å². The van der Waals surface area contributed by atoms with Crippen LogP contribution in [0.3, 0.4) is 0 Å². The highest BCUT2D eigenvalue weighted by Gasteiger charge is 2.38. The van der Waals surface area contributed by atoms with E-state index in [0.29, 0.717) is 34.3 Å². The third kappa shape index (κ3) is 5.80. The Hall–Kier alpha value is -2.59. The van der Waals surface area contributed by atoms with Gasteiger partial charge in [0, 0.05) is 29.8 Å². The van der Waals surface area contributed by atoms with E-state index in [0.717, 1.165) is 18.4 Å². The van der Waals surface area contributed by atoms with Gasteiger partial charge in [-0.1, -0.05) is 23.7 Å². The average Bonchev–Trinajstić information content (AvgIpc) is 2.67. The highest BCUT2D eigenvalue weighted by Crippen LogP contribution is 2.33. The van der Waals surface area contributed by atoms with Gasteiger partial charge in [0.25, 0.3) is 5.91 Å². The fourth-order valence-corrected chi connectivity index (χ4v) is 4.82. The third-order valence-corrected chi connectivity index (χ3v) is 5.76. The van der Waals surface area contributed by atoms with Crippen LogP contribution in [0.4, 0.5) is 0 Å². The maximum Gasteiger partial charge on any atom is 0.251 e. The SMILES string of the molecule is COCc1cccc(Oc2ccc(C(=O)NC3CC(C)(C)NC(C)(C)C3)cc2Cl)c1C#N. The summed E-state index contributed by atoms with van der Waals surface area (Å²) in [4.78, 5) is 12.9. The molecule has 0 spiro atoms. The van der Waals surface area contributed by atoms with Crippen LogP contribution in [0.25, 0.3) is 0 Å². The molecule has 2 aromatic carbocycles. The van der Waals surface area contributed by atoms with Crippen molar-refractivity contribution in [2.75, 3.05) is 7.11 Å². The van der Waals surface area contributed by atoms with E-state index in [1.54, 1.807) is 37.4 Å². The number of piperidine rings is 1. The molecule has 0 unspecified atom stereocenters. The normalized spacial score (nSPS) is 17.4. The number of nitriles is 1. The van der Waals surface area contributed by atoms with Gasteiger partial charge in [0.15, 0.2) is 0 Å². The van der Waals surface area contributed by atoms with Crippen LogP contribution in [0.2, 0.25) is 5.02 Å². The zero-order chi connectivity index (χ0) is 23.5. The number of hydrogen-bond donors (Lipinski definition) is 2. The van der Waals surface area contributed by atoms with E-state index in [9.17, 15) is 10.1 Å². The lowest BCUT2D eigenvalue weighted by Crippen LogP contribution is -2.62. The Morgan fingerprint density at radius 2 is 1.88 bits per heavy atom. The average molecular weight is 456 g/mol. The number of ether oxygens (including phenoxy) is 2. The van der Waals surface area contributed by atoms with E-state index in [-0.39, 0.29) is 23.0 Å². The molecule has 3 rings (SSSR count). The van der Waals surface area contributed by atoms with Gasteiger partial charge in [0.05, 0.1) is 11.6 Å². The molecule has 7 heteroatoms. The number of halogens is 1. The molecule has 0 saturated carbocycles. The fraction of sp³-hybridized carbons (Fsp3) is 0.440. The molecule has 0 radical (unpaired) electrons. The standard InChI is InChI=1S/C25H30ClN3O3/c1-24(2)12-18(13-25(3,4)29-24)28-23(30)16-9-10-22(20(26)11-16)32-21-8-6-7-17(15-31-5)19(21)14-27/h6-11,18,29H,12-13,15H2,1-5H3,(H,28,30). The number of benzene rings is 2. The topological polar surface area (TPSA) is 83.4 Å². The number of rotatable bonds is 6. The number of amides is 1. The largest absolute Gasteiger partial charge is 0.454 e. The fourth-order valence-electron chi connectivity index (χ4n) is 4.60. The van der Waals surface area contributed by atoms with Gasteiger partial charge < -0.3 is 20.1 Å². The highest BCUT2D eigenvalue weighted by atomic mass is 35.5. The van der Waals surface area contributed by atoms with E-state index in [1.165, 1.54) is 0 Å². The van der Waals surface area contributed by atoms with E-state index in [2.05, 4.69) is 44.4 Å². The number of carbonyl (C=O) groups is 1. The molecule has 0 atom stereocenters. The Bertz CT molecular complexity index is 1030. The number of nitrogens with zero attached hydrogens (tertiary/aromatic N) is 1. The zero-order valence-corrected chi connectivity index (χ0v) is 20.0. The van der Waals surface area contributed by atoms with Gasteiger partial charge in [0.2, 0.25) is 0 Å². The number of methoxy groups -OCH3 is 1.